The third-order valence-corrected chi connectivity index (χ3v) is 10.7. The van der Waals surface area contributed by atoms with E-state index in [-0.39, 0.29) is 31.1 Å². The fourth-order valence-electron chi connectivity index (χ4n) is 6.95. The minimum absolute atomic E-state index is 0.0750. The Labute approximate surface area is 347 Å². The number of carbonyl (C=O) groups is 3. The maximum Gasteiger partial charge on any atom is 0.306 e. The molecule has 0 bridgehead atoms. The van der Waals surface area contributed by atoms with Gasteiger partial charge >= 0.3 is 17.9 Å². The van der Waals surface area contributed by atoms with Gasteiger partial charge in [0, 0.05) is 19.3 Å². The van der Waals surface area contributed by atoms with Crippen LogP contribution in [0.25, 0.3) is 0 Å². The molecule has 6 nitrogen and oxygen atoms in total. The van der Waals surface area contributed by atoms with Crippen molar-refractivity contribution in [2.75, 3.05) is 13.2 Å². The molecular weight excluding hydrogens is 697 g/mol. The number of rotatable bonds is 44. The molecule has 56 heavy (non-hydrogen) atoms. The average Bonchev–Trinajstić information content (AvgIpc) is 3.19. The summed E-state index contributed by atoms with van der Waals surface area (Å²) in [6, 6.07) is 0. The number of allylic oxidation sites excluding steroid dienone is 4. The molecule has 0 amide bonds. The molecule has 6 heteroatoms. The molecular formula is C50H92O6. The van der Waals surface area contributed by atoms with Crippen molar-refractivity contribution < 1.29 is 28.6 Å². The minimum atomic E-state index is -0.773. The number of esters is 3. The Bertz CT molecular complexity index is 911. The van der Waals surface area contributed by atoms with E-state index in [4.69, 9.17) is 14.2 Å². The van der Waals surface area contributed by atoms with E-state index in [1.807, 2.05) is 0 Å². The highest BCUT2D eigenvalue weighted by atomic mass is 16.6. The van der Waals surface area contributed by atoms with Crippen LogP contribution in [-0.2, 0) is 28.6 Å². The zero-order valence-corrected chi connectivity index (χ0v) is 37.4. The van der Waals surface area contributed by atoms with E-state index in [2.05, 4.69) is 45.1 Å². The van der Waals surface area contributed by atoms with Gasteiger partial charge < -0.3 is 14.2 Å². The van der Waals surface area contributed by atoms with Crippen molar-refractivity contribution in [2.24, 2.45) is 0 Å². The topological polar surface area (TPSA) is 78.9 Å². The molecule has 0 rings (SSSR count). The Kier molecular flexibility index (Phi) is 43.9. The summed E-state index contributed by atoms with van der Waals surface area (Å²) in [6.45, 7) is 6.57. The molecule has 0 aliphatic rings. The van der Waals surface area contributed by atoms with E-state index in [0.29, 0.717) is 19.3 Å². The molecule has 0 aromatic rings. The summed E-state index contributed by atoms with van der Waals surface area (Å²) >= 11 is 0. The van der Waals surface area contributed by atoms with Crippen LogP contribution in [0.5, 0.6) is 0 Å². The largest absolute Gasteiger partial charge is 0.462 e. The number of ether oxygens (including phenoxy) is 3. The van der Waals surface area contributed by atoms with Crippen molar-refractivity contribution in [1.82, 2.24) is 0 Å². The lowest BCUT2D eigenvalue weighted by atomic mass is 10.0. The maximum absolute atomic E-state index is 12.7. The van der Waals surface area contributed by atoms with Crippen LogP contribution in [0, 0.1) is 0 Å². The lowest BCUT2D eigenvalue weighted by molar-refractivity contribution is -0.167. The molecule has 1 atom stereocenters. The quantitative estimate of drug-likeness (QED) is 0.0265. The van der Waals surface area contributed by atoms with E-state index in [1.54, 1.807) is 0 Å². The number of carbonyl (C=O) groups excluding carboxylic acids is 3. The van der Waals surface area contributed by atoms with Gasteiger partial charge in [0.1, 0.15) is 13.2 Å². The Morgan fingerprint density at radius 1 is 0.339 bits per heavy atom. The van der Waals surface area contributed by atoms with E-state index < -0.39 is 6.10 Å². The third kappa shape index (κ3) is 43.0. The van der Waals surface area contributed by atoms with Crippen LogP contribution in [0.4, 0.5) is 0 Å². The van der Waals surface area contributed by atoms with E-state index in [1.165, 1.54) is 135 Å². The molecule has 0 fully saturated rings. The first-order valence-corrected chi connectivity index (χ1v) is 24.3. The summed E-state index contributed by atoms with van der Waals surface area (Å²) in [5.41, 5.74) is 0. The molecule has 328 valence electrons. The Balaban J connectivity index is 4.32. The summed E-state index contributed by atoms with van der Waals surface area (Å²) in [4.78, 5) is 37.8. The fraction of sp³-hybridized carbons (Fsp3) is 0.860. The van der Waals surface area contributed by atoms with Crippen LogP contribution < -0.4 is 0 Å². The SMILES string of the molecule is CCCC/C=C\CCCCCCC(=O)OCC(COC(=O)CCCCCCCCCCCCCCCCCC)OC(=O)CCCCCCC/C=C\CCCCC. The van der Waals surface area contributed by atoms with Gasteiger partial charge in [-0.15, -0.1) is 0 Å². The Morgan fingerprint density at radius 2 is 0.607 bits per heavy atom. The maximum atomic E-state index is 12.7. The molecule has 0 spiro atoms. The minimum Gasteiger partial charge on any atom is -0.462 e. The first-order chi connectivity index (χ1) is 27.5. The van der Waals surface area contributed by atoms with Crippen LogP contribution >= 0.6 is 0 Å². The summed E-state index contributed by atoms with van der Waals surface area (Å²) < 4.78 is 16.7. The molecule has 1 unspecified atom stereocenters. The van der Waals surface area contributed by atoms with Gasteiger partial charge in [-0.25, -0.2) is 0 Å². The summed E-state index contributed by atoms with van der Waals surface area (Å²) in [5, 5.41) is 0. The highest BCUT2D eigenvalue weighted by Gasteiger charge is 2.19. The lowest BCUT2D eigenvalue weighted by Crippen LogP contribution is -2.30. The lowest BCUT2D eigenvalue weighted by Gasteiger charge is -2.18. The van der Waals surface area contributed by atoms with Crippen LogP contribution in [0.15, 0.2) is 24.3 Å². The molecule has 0 aliphatic carbocycles. The summed E-state index contributed by atoms with van der Waals surface area (Å²) in [6.07, 6.45) is 50.2. The van der Waals surface area contributed by atoms with Crippen molar-refractivity contribution in [3.63, 3.8) is 0 Å². The van der Waals surface area contributed by atoms with Crippen molar-refractivity contribution in [3.8, 4) is 0 Å². The average molecular weight is 789 g/mol. The van der Waals surface area contributed by atoms with Gasteiger partial charge in [0.15, 0.2) is 6.10 Å². The third-order valence-electron chi connectivity index (χ3n) is 10.7. The second kappa shape index (κ2) is 45.6. The van der Waals surface area contributed by atoms with Gasteiger partial charge in [-0.05, 0) is 64.2 Å². The molecule has 0 N–H and O–H groups in total. The number of hydrogen-bond donors (Lipinski definition) is 0. The van der Waals surface area contributed by atoms with Gasteiger partial charge in [0.05, 0.1) is 0 Å². The second-order valence-corrected chi connectivity index (χ2v) is 16.4. The van der Waals surface area contributed by atoms with Crippen molar-refractivity contribution in [3.05, 3.63) is 24.3 Å². The number of unbranched alkanes of at least 4 members (excludes halogenated alkanes) is 29. The standard InChI is InChI=1S/C50H92O6/c1-4-7-10-13-16-19-22-24-25-26-27-29-31-34-37-40-43-49(52)55-46-47(45-54-48(51)42-39-36-33-30-21-18-15-12-9-6-3)56-50(53)44-41-38-35-32-28-23-20-17-14-11-8-5-2/h15,17-18,20,47H,4-14,16,19,21-46H2,1-3H3/b18-15-,20-17-. The van der Waals surface area contributed by atoms with Gasteiger partial charge in [0.2, 0.25) is 0 Å². The first-order valence-electron chi connectivity index (χ1n) is 24.3. The normalized spacial score (nSPS) is 12.1. The summed E-state index contributed by atoms with van der Waals surface area (Å²) in [7, 11) is 0. The van der Waals surface area contributed by atoms with Crippen LogP contribution in [0.1, 0.15) is 258 Å². The van der Waals surface area contributed by atoms with Gasteiger partial charge in [0.25, 0.3) is 0 Å². The zero-order valence-electron chi connectivity index (χ0n) is 37.4. The zero-order chi connectivity index (χ0) is 40.8. The van der Waals surface area contributed by atoms with Crippen LogP contribution in [0.3, 0.4) is 0 Å². The summed E-state index contributed by atoms with van der Waals surface area (Å²) in [5.74, 6) is -0.891. The molecule has 0 aromatic heterocycles. The van der Waals surface area contributed by atoms with E-state index >= 15 is 0 Å². The molecule has 0 saturated carbocycles. The molecule has 0 radical (unpaired) electrons. The van der Waals surface area contributed by atoms with Gasteiger partial charge in [-0.2, -0.15) is 0 Å². The monoisotopic (exact) mass is 789 g/mol. The van der Waals surface area contributed by atoms with Crippen LogP contribution in [-0.4, -0.2) is 37.2 Å². The predicted molar refractivity (Wildman–Crippen MR) is 238 cm³/mol. The van der Waals surface area contributed by atoms with Crippen molar-refractivity contribution in [1.29, 1.82) is 0 Å². The Hall–Kier alpha value is -2.11. The smallest absolute Gasteiger partial charge is 0.306 e. The predicted octanol–water partition coefficient (Wildman–Crippen LogP) is 15.6. The first kappa shape index (κ1) is 53.9. The molecule has 0 aromatic carbocycles. The number of hydrogen-bond acceptors (Lipinski definition) is 6. The fourth-order valence-corrected chi connectivity index (χ4v) is 6.95. The van der Waals surface area contributed by atoms with Gasteiger partial charge in [-0.1, -0.05) is 199 Å². The highest BCUT2D eigenvalue weighted by molar-refractivity contribution is 5.71. The van der Waals surface area contributed by atoms with Crippen molar-refractivity contribution in [2.45, 2.75) is 264 Å². The molecule has 0 aliphatic heterocycles. The van der Waals surface area contributed by atoms with Gasteiger partial charge in [-0.3, -0.25) is 14.4 Å². The molecule has 0 saturated heterocycles. The van der Waals surface area contributed by atoms with Crippen LogP contribution in [0.2, 0.25) is 0 Å². The van der Waals surface area contributed by atoms with E-state index in [9.17, 15) is 14.4 Å². The second-order valence-electron chi connectivity index (χ2n) is 16.4. The molecule has 0 heterocycles. The highest BCUT2D eigenvalue weighted by Crippen LogP contribution is 2.15. The Morgan fingerprint density at radius 3 is 0.982 bits per heavy atom. The van der Waals surface area contributed by atoms with Crippen molar-refractivity contribution >= 4 is 17.9 Å². The van der Waals surface area contributed by atoms with E-state index in [0.717, 1.165) is 83.5 Å².